The van der Waals surface area contributed by atoms with Gasteiger partial charge in [-0.2, -0.15) is 4.98 Å². The molecule has 3 aromatic rings. The molecule has 0 radical (unpaired) electrons. The number of hydrogen-bond acceptors (Lipinski definition) is 6. The first-order valence-electron chi connectivity index (χ1n) is 11.2. The second kappa shape index (κ2) is 8.22. The average Bonchev–Trinajstić information content (AvgIpc) is 3.46. The lowest BCUT2D eigenvalue weighted by Gasteiger charge is -2.20. The van der Waals surface area contributed by atoms with E-state index in [9.17, 15) is 4.79 Å². The van der Waals surface area contributed by atoms with Crippen molar-refractivity contribution >= 4 is 34.3 Å². The minimum Gasteiger partial charge on any atom is -0.480 e. The second-order valence-electron chi connectivity index (χ2n) is 9.77. The first-order valence-corrected chi connectivity index (χ1v) is 11.5. The maximum absolute atomic E-state index is 12.7. The standard InChI is InChI=1S/C25H28ClN3O4/c1-25(2,3)33-24(30)19-9-27-21-8-20(26)17(7-18(19)21)16-5-6-22(28-23(16)31-4)29-10-14-12-32-13-15(14)11-29/h5-9,14-15,27H,10-13H2,1-4H3/t14-,15-/m1/s1. The molecule has 2 aliphatic heterocycles. The molecule has 0 saturated carbocycles. The Morgan fingerprint density at radius 1 is 1.18 bits per heavy atom. The number of halogens is 1. The van der Waals surface area contributed by atoms with E-state index in [1.54, 1.807) is 13.3 Å². The number of aromatic amines is 1. The lowest BCUT2D eigenvalue weighted by Crippen LogP contribution is -2.23. The van der Waals surface area contributed by atoms with Crippen LogP contribution in [0.1, 0.15) is 31.1 Å². The number of ether oxygens (including phenoxy) is 3. The summed E-state index contributed by atoms with van der Waals surface area (Å²) >= 11 is 6.65. The van der Waals surface area contributed by atoms with Crippen molar-refractivity contribution in [1.82, 2.24) is 9.97 Å². The molecule has 2 atom stereocenters. The number of methoxy groups -OCH3 is 1. The van der Waals surface area contributed by atoms with Crippen molar-refractivity contribution in [2.24, 2.45) is 11.8 Å². The van der Waals surface area contributed by atoms with Crippen LogP contribution in [0.15, 0.2) is 30.5 Å². The normalized spacial score (nSPS) is 20.3. The number of carbonyl (C=O) groups is 1. The van der Waals surface area contributed by atoms with Gasteiger partial charge in [-0.3, -0.25) is 0 Å². The zero-order valence-electron chi connectivity index (χ0n) is 19.3. The molecule has 4 heterocycles. The lowest BCUT2D eigenvalue weighted by atomic mass is 10.0. The van der Waals surface area contributed by atoms with Gasteiger partial charge in [0.15, 0.2) is 0 Å². The number of esters is 1. The Kier molecular flexibility index (Phi) is 5.49. The van der Waals surface area contributed by atoms with Crippen LogP contribution in [-0.2, 0) is 9.47 Å². The molecular weight excluding hydrogens is 442 g/mol. The third kappa shape index (κ3) is 4.15. The number of benzene rings is 1. The third-order valence-electron chi connectivity index (χ3n) is 6.28. The van der Waals surface area contributed by atoms with Gasteiger partial charge in [0.1, 0.15) is 11.4 Å². The van der Waals surface area contributed by atoms with Gasteiger partial charge in [-0.15, -0.1) is 0 Å². The monoisotopic (exact) mass is 469 g/mol. The number of pyridine rings is 1. The molecule has 0 unspecified atom stereocenters. The number of carbonyl (C=O) groups excluding carboxylic acids is 1. The number of aromatic nitrogens is 2. The highest BCUT2D eigenvalue weighted by molar-refractivity contribution is 6.34. The fourth-order valence-corrected chi connectivity index (χ4v) is 4.96. The number of nitrogens with one attached hydrogen (secondary N) is 1. The number of nitrogens with zero attached hydrogens (tertiary/aromatic N) is 2. The Hall–Kier alpha value is -2.77. The number of fused-ring (bicyclic) bond motifs is 2. The molecule has 8 heteroatoms. The van der Waals surface area contributed by atoms with Gasteiger partial charge in [-0.25, -0.2) is 4.79 Å². The zero-order valence-corrected chi connectivity index (χ0v) is 20.0. The van der Waals surface area contributed by atoms with E-state index in [1.807, 2.05) is 45.0 Å². The smallest absolute Gasteiger partial charge is 0.340 e. The first kappa shape index (κ1) is 22.0. The molecular formula is C25H28ClN3O4. The average molecular weight is 470 g/mol. The summed E-state index contributed by atoms with van der Waals surface area (Å²) in [6, 6.07) is 7.70. The van der Waals surface area contributed by atoms with E-state index in [2.05, 4.69) is 9.88 Å². The Morgan fingerprint density at radius 3 is 2.58 bits per heavy atom. The molecule has 0 bridgehead atoms. The topological polar surface area (TPSA) is 76.7 Å². The number of rotatable bonds is 4. The lowest BCUT2D eigenvalue weighted by molar-refractivity contribution is 0.00719. The van der Waals surface area contributed by atoms with E-state index < -0.39 is 5.60 Å². The quantitative estimate of drug-likeness (QED) is 0.546. The van der Waals surface area contributed by atoms with E-state index in [-0.39, 0.29) is 5.97 Å². The Balaban J connectivity index is 1.51. The van der Waals surface area contributed by atoms with Crippen LogP contribution < -0.4 is 9.64 Å². The summed E-state index contributed by atoms with van der Waals surface area (Å²) in [5.41, 5.74) is 2.16. The summed E-state index contributed by atoms with van der Waals surface area (Å²) in [5.74, 6) is 2.13. The van der Waals surface area contributed by atoms with Crippen molar-refractivity contribution in [3.63, 3.8) is 0 Å². The Morgan fingerprint density at radius 2 is 1.91 bits per heavy atom. The van der Waals surface area contributed by atoms with Gasteiger partial charge in [0, 0.05) is 53.2 Å². The fraction of sp³-hybridized carbons (Fsp3) is 0.440. The molecule has 7 nitrogen and oxygen atoms in total. The molecule has 0 amide bonds. The number of hydrogen-bond donors (Lipinski definition) is 1. The van der Waals surface area contributed by atoms with Gasteiger partial charge in [0.2, 0.25) is 5.88 Å². The van der Waals surface area contributed by atoms with Crippen molar-refractivity contribution in [1.29, 1.82) is 0 Å². The van der Waals surface area contributed by atoms with E-state index in [0.717, 1.165) is 54.2 Å². The first-order chi connectivity index (χ1) is 15.7. The summed E-state index contributed by atoms with van der Waals surface area (Å²) in [4.78, 5) is 22.9. The van der Waals surface area contributed by atoms with Gasteiger partial charge >= 0.3 is 5.97 Å². The molecule has 174 valence electrons. The molecule has 2 fully saturated rings. The third-order valence-corrected chi connectivity index (χ3v) is 6.59. The molecule has 33 heavy (non-hydrogen) atoms. The second-order valence-corrected chi connectivity index (χ2v) is 10.2. The highest BCUT2D eigenvalue weighted by Gasteiger charge is 2.37. The van der Waals surface area contributed by atoms with Gasteiger partial charge in [-0.1, -0.05) is 11.6 Å². The van der Waals surface area contributed by atoms with Crippen LogP contribution in [0.5, 0.6) is 5.88 Å². The molecule has 2 aliphatic rings. The molecule has 1 N–H and O–H groups in total. The molecule has 0 aliphatic carbocycles. The minimum atomic E-state index is -0.584. The predicted octanol–water partition coefficient (Wildman–Crippen LogP) is 4.93. The van der Waals surface area contributed by atoms with Crippen molar-refractivity contribution in [3.8, 4) is 17.0 Å². The van der Waals surface area contributed by atoms with Crippen molar-refractivity contribution in [2.45, 2.75) is 26.4 Å². The van der Waals surface area contributed by atoms with E-state index >= 15 is 0 Å². The van der Waals surface area contributed by atoms with Gasteiger partial charge < -0.3 is 24.1 Å². The van der Waals surface area contributed by atoms with Crippen LogP contribution in [0.25, 0.3) is 22.0 Å². The predicted molar refractivity (Wildman–Crippen MR) is 128 cm³/mol. The fourth-order valence-electron chi connectivity index (χ4n) is 4.69. The van der Waals surface area contributed by atoms with Crippen LogP contribution >= 0.6 is 11.6 Å². The van der Waals surface area contributed by atoms with Crippen LogP contribution in [0.2, 0.25) is 5.02 Å². The van der Waals surface area contributed by atoms with Crippen molar-refractivity contribution in [3.05, 3.63) is 41.0 Å². The maximum Gasteiger partial charge on any atom is 0.340 e. The SMILES string of the molecule is COc1nc(N2C[C@@H]3COC[C@H]3C2)ccc1-c1cc2c(C(=O)OC(C)(C)C)c[nH]c2cc1Cl. The van der Waals surface area contributed by atoms with E-state index in [1.165, 1.54) is 0 Å². The zero-order chi connectivity index (χ0) is 23.3. The molecule has 2 aromatic heterocycles. The number of H-pyrrole nitrogens is 1. The summed E-state index contributed by atoms with van der Waals surface area (Å²) in [5, 5.41) is 1.28. The van der Waals surface area contributed by atoms with Crippen LogP contribution in [-0.4, -0.2) is 55.0 Å². The van der Waals surface area contributed by atoms with E-state index in [0.29, 0.717) is 28.3 Å². The summed E-state index contributed by atoms with van der Waals surface area (Å²) in [6.45, 7) is 9.07. The van der Waals surface area contributed by atoms with Crippen LogP contribution in [0, 0.1) is 11.8 Å². The Bertz CT molecular complexity index is 1200. The van der Waals surface area contributed by atoms with Gasteiger partial charge in [0.25, 0.3) is 0 Å². The largest absolute Gasteiger partial charge is 0.480 e. The van der Waals surface area contributed by atoms with Gasteiger partial charge in [-0.05, 0) is 45.0 Å². The molecule has 2 saturated heterocycles. The highest BCUT2D eigenvalue weighted by Crippen LogP contribution is 2.39. The molecule has 0 spiro atoms. The molecule has 1 aromatic carbocycles. The maximum atomic E-state index is 12.7. The summed E-state index contributed by atoms with van der Waals surface area (Å²) in [7, 11) is 1.61. The summed E-state index contributed by atoms with van der Waals surface area (Å²) < 4.78 is 16.8. The van der Waals surface area contributed by atoms with Gasteiger partial charge in [0.05, 0.1) is 30.9 Å². The van der Waals surface area contributed by atoms with Crippen LogP contribution in [0.4, 0.5) is 5.82 Å². The minimum absolute atomic E-state index is 0.383. The van der Waals surface area contributed by atoms with E-state index in [4.69, 9.17) is 30.8 Å². The highest BCUT2D eigenvalue weighted by atomic mass is 35.5. The Labute approximate surface area is 198 Å². The van der Waals surface area contributed by atoms with Crippen molar-refractivity contribution in [2.75, 3.05) is 38.3 Å². The number of anilines is 1. The van der Waals surface area contributed by atoms with Crippen LogP contribution in [0.3, 0.4) is 0 Å². The van der Waals surface area contributed by atoms with Crippen molar-refractivity contribution < 1.29 is 19.0 Å². The molecule has 5 rings (SSSR count). The summed E-state index contributed by atoms with van der Waals surface area (Å²) in [6.07, 6.45) is 1.66.